The summed E-state index contributed by atoms with van der Waals surface area (Å²) in [7, 11) is 1.60. The first-order valence-electron chi connectivity index (χ1n) is 5.53. The largest absolute Gasteiger partial charge is 0.483 e. The number of hydrogen-bond donors (Lipinski definition) is 0. The van der Waals surface area contributed by atoms with Crippen molar-refractivity contribution in [2.75, 3.05) is 6.26 Å². The van der Waals surface area contributed by atoms with E-state index in [1.165, 1.54) is 10.8 Å². The van der Waals surface area contributed by atoms with Crippen molar-refractivity contribution in [2.24, 2.45) is 7.05 Å². The highest BCUT2D eigenvalue weighted by Gasteiger charge is 2.16. The van der Waals surface area contributed by atoms with Crippen LogP contribution in [0.2, 0.25) is 0 Å². The summed E-state index contributed by atoms with van der Waals surface area (Å²) in [4.78, 5) is 15.3. The maximum absolute atomic E-state index is 10.7. The van der Waals surface area contributed by atoms with Crippen LogP contribution in [0, 0.1) is 10.1 Å². The number of ether oxygens (including phenoxy) is 1. The lowest BCUT2D eigenvalue weighted by Crippen LogP contribution is -2.05. The summed E-state index contributed by atoms with van der Waals surface area (Å²) in [5, 5.41) is 10.7. The monoisotopic (exact) mass is 281 g/mol. The first-order valence-corrected chi connectivity index (χ1v) is 6.76. The van der Waals surface area contributed by atoms with Crippen LogP contribution in [0.3, 0.4) is 0 Å². The molecule has 0 amide bonds. The van der Waals surface area contributed by atoms with Crippen molar-refractivity contribution in [3.05, 3.63) is 46.4 Å². The second-order valence-electron chi connectivity index (χ2n) is 3.81. The smallest absolute Gasteiger partial charge is 0.342 e. The van der Waals surface area contributed by atoms with Gasteiger partial charge < -0.3 is 14.9 Å². The second kappa shape index (κ2) is 5.75. The van der Waals surface area contributed by atoms with Crippen molar-refractivity contribution in [2.45, 2.75) is 11.5 Å². The molecule has 6 nitrogen and oxygen atoms in total. The third kappa shape index (κ3) is 3.05. The molecule has 100 valence electrons. The van der Waals surface area contributed by atoms with E-state index in [1.807, 2.05) is 30.5 Å². The zero-order valence-corrected chi connectivity index (χ0v) is 11.4. The summed E-state index contributed by atoms with van der Waals surface area (Å²) in [6, 6.07) is 7.65. The molecule has 2 aromatic rings. The number of thioether (sulfide) groups is 1. The molecule has 2 rings (SSSR count). The quantitative estimate of drug-likeness (QED) is 0.478. The van der Waals surface area contributed by atoms with Crippen LogP contribution < -0.4 is 4.74 Å². The third-order valence-corrected chi connectivity index (χ3v) is 3.42. The molecule has 0 fully saturated rings. The van der Waals surface area contributed by atoms with Crippen LogP contribution in [0.1, 0.15) is 5.82 Å². The van der Waals surface area contributed by atoms with Gasteiger partial charge >= 0.3 is 5.82 Å². The van der Waals surface area contributed by atoms with Crippen molar-refractivity contribution < 1.29 is 9.66 Å². The van der Waals surface area contributed by atoms with Crippen molar-refractivity contribution in [3.63, 3.8) is 0 Å². The molecule has 0 atom stereocenters. The molecule has 7 heteroatoms. The second-order valence-corrected chi connectivity index (χ2v) is 4.69. The van der Waals surface area contributed by atoms with Gasteiger partial charge in [0.05, 0.1) is 7.05 Å². The molecule has 0 aliphatic carbocycles. The van der Waals surface area contributed by atoms with Crippen molar-refractivity contribution in [1.29, 1.82) is 0 Å². The lowest BCUT2D eigenvalue weighted by molar-refractivity contribution is -0.391. The third-order valence-electron chi connectivity index (χ3n) is 2.67. The topological polar surface area (TPSA) is 70.2 Å². The molecule has 0 saturated heterocycles. The van der Waals surface area contributed by atoms with E-state index in [4.69, 9.17) is 4.74 Å². The van der Waals surface area contributed by atoms with Crippen LogP contribution in [0.25, 0.3) is 0 Å². The fourth-order valence-electron chi connectivity index (χ4n) is 1.56. The predicted molar refractivity (Wildman–Crippen MR) is 72.4 cm³/mol. The fraction of sp³-hybridized carbons (Fsp3) is 0.250. The molecule has 1 aromatic heterocycles. The first-order chi connectivity index (χ1) is 9.11. The summed E-state index contributed by atoms with van der Waals surface area (Å²) in [6.07, 6.45) is 3.23. The van der Waals surface area contributed by atoms with Gasteiger partial charge in [-0.05, 0) is 35.4 Å². The number of hydrogen-bond acceptors (Lipinski definition) is 5. The Morgan fingerprint density at radius 1 is 1.42 bits per heavy atom. The molecular formula is C12H13N3O3S. The first kappa shape index (κ1) is 13.4. The maximum atomic E-state index is 10.7. The average molecular weight is 281 g/mol. The summed E-state index contributed by atoms with van der Waals surface area (Å²) in [5.74, 6) is 1.18. The molecular weight excluding hydrogens is 268 g/mol. The standard InChI is InChI=1S/C12H13N3O3S/c1-14-11(13-7-12(14)15(16)17)8-18-9-3-5-10(19-2)6-4-9/h3-7H,8H2,1-2H3/i8+2. The Morgan fingerprint density at radius 3 is 2.63 bits per heavy atom. The van der Waals surface area contributed by atoms with E-state index >= 15 is 0 Å². The Labute approximate surface area is 114 Å². The van der Waals surface area contributed by atoms with Crippen LogP contribution in [-0.2, 0) is 13.7 Å². The molecule has 0 radical (unpaired) electrons. The molecule has 1 aromatic carbocycles. The molecule has 0 aliphatic rings. The van der Waals surface area contributed by atoms with Crippen molar-refractivity contribution in [1.82, 2.24) is 9.55 Å². The van der Waals surface area contributed by atoms with Gasteiger partial charge in [0.2, 0.25) is 5.82 Å². The number of imidazole rings is 1. The minimum atomic E-state index is -0.468. The van der Waals surface area contributed by atoms with E-state index < -0.39 is 4.92 Å². The van der Waals surface area contributed by atoms with Gasteiger partial charge in [-0.2, -0.15) is 0 Å². The van der Waals surface area contributed by atoms with E-state index in [-0.39, 0.29) is 12.4 Å². The Kier molecular flexibility index (Phi) is 4.06. The molecule has 0 unspecified atom stereocenters. The van der Waals surface area contributed by atoms with Gasteiger partial charge in [-0.1, -0.05) is 0 Å². The molecule has 0 aliphatic heterocycles. The Hall–Kier alpha value is -2.02. The van der Waals surface area contributed by atoms with Gasteiger partial charge in [0.25, 0.3) is 0 Å². The van der Waals surface area contributed by atoms with Crippen LogP contribution in [0.4, 0.5) is 5.82 Å². The summed E-state index contributed by atoms with van der Waals surface area (Å²) in [5.41, 5.74) is 0. The van der Waals surface area contributed by atoms with Crippen LogP contribution in [0.5, 0.6) is 5.75 Å². The minimum absolute atomic E-state index is 0.0451. The predicted octanol–water partition coefficient (Wildman–Crippen LogP) is 2.63. The lowest BCUT2D eigenvalue weighted by atomic mass is 10.3. The maximum Gasteiger partial charge on any atom is 0.342 e. The number of aromatic nitrogens is 2. The Bertz CT molecular complexity index is 580. The molecule has 0 bridgehead atoms. The lowest BCUT2D eigenvalue weighted by Gasteiger charge is -2.05. The molecule has 0 spiro atoms. The van der Waals surface area contributed by atoms with E-state index in [9.17, 15) is 10.1 Å². The minimum Gasteiger partial charge on any atom is -0.483 e. The number of nitro groups is 1. The van der Waals surface area contributed by atoms with Crippen molar-refractivity contribution >= 4 is 17.6 Å². The summed E-state index contributed by atoms with van der Waals surface area (Å²) >= 11 is 1.65. The van der Waals surface area contributed by atoms with Gasteiger partial charge in [0.1, 0.15) is 11.9 Å². The SMILES string of the molecule is CSc1ccc(O[14CH2]c2ncc([N+](=O)[O-])n2C)cc1. The summed E-state index contributed by atoms with van der Waals surface area (Å²) < 4.78 is 6.96. The highest BCUT2D eigenvalue weighted by atomic mass is 32.2. The number of nitrogens with zero attached hydrogens (tertiary/aromatic N) is 3. The van der Waals surface area contributed by atoms with Gasteiger partial charge in [0, 0.05) is 4.90 Å². The van der Waals surface area contributed by atoms with E-state index in [2.05, 4.69) is 4.98 Å². The van der Waals surface area contributed by atoms with E-state index in [0.717, 1.165) is 4.90 Å². The fourth-order valence-corrected chi connectivity index (χ4v) is 1.97. The highest BCUT2D eigenvalue weighted by molar-refractivity contribution is 7.98. The average Bonchev–Trinajstić information content (AvgIpc) is 2.78. The van der Waals surface area contributed by atoms with Gasteiger partial charge in [-0.3, -0.25) is 0 Å². The van der Waals surface area contributed by atoms with Crippen LogP contribution in [-0.4, -0.2) is 20.7 Å². The van der Waals surface area contributed by atoms with E-state index in [1.54, 1.807) is 18.8 Å². The summed E-state index contributed by atoms with van der Waals surface area (Å²) in [6.45, 7) is 0.197. The van der Waals surface area contributed by atoms with Gasteiger partial charge in [0.15, 0.2) is 6.61 Å². The highest BCUT2D eigenvalue weighted by Crippen LogP contribution is 2.20. The molecule has 0 saturated carbocycles. The number of rotatable bonds is 5. The van der Waals surface area contributed by atoms with E-state index in [0.29, 0.717) is 11.6 Å². The van der Waals surface area contributed by atoms with Crippen LogP contribution in [0.15, 0.2) is 35.4 Å². The normalized spacial score (nSPS) is 10.4. The Morgan fingerprint density at radius 2 is 2.11 bits per heavy atom. The van der Waals surface area contributed by atoms with Gasteiger partial charge in [-0.15, -0.1) is 11.8 Å². The zero-order valence-electron chi connectivity index (χ0n) is 10.6. The molecule has 19 heavy (non-hydrogen) atoms. The van der Waals surface area contributed by atoms with Crippen molar-refractivity contribution in [3.8, 4) is 5.75 Å². The Balaban J connectivity index is 2.03. The van der Waals surface area contributed by atoms with Crippen LogP contribution >= 0.6 is 11.8 Å². The zero-order chi connectivity index (χ0) is 13.8. The molecule has 0 N–H and O–H groups in total. The van der Waals surface area contributed by atoms with Gasteiger partial charge in [-0.25, -0.2) is 9.55 Å². The molecule has 1 heterocycles. The number of benzene rings is 1.